The van der Waals surface area contributed by atoms with E-state index in [1.54, 1.807) is 0 Å². The second-order valence-electron chi connectivity index (χ2n) is 6.58. The van der Waals surface area contributed by atoms with Crippen molar-refractivity contribution in [2.45, 2.75) is 32.9 Å². The van der Waals surface area contributed by atoms with E-state index in [0.717, 1.165) is 26.1 Å². The Morgan fingerprint density at radius 1 is 1.04 bits per heavy atom. The van der Waals surface area contributed by atoms with Gasteiger partial charge in [-0.15, -0.1) is 0 Å². The van der Waals surface area contributed by atoms with Gasteiger partial charge in [-0.3, -0.25) is 9.89 Å². The number of aliphatic imine (C=N–C) groups is 1. The van der Waals surface area contributed by atoms with Gasteiger partial charge < -0.3 is 0 Å². The maximum Gasteiger partial charge on any atom is 0.0720 e. The van der Waals surface area contributed by atoms with Crippen LogP contribution in [-0.4, -0.2) is 23.7 Å². The SMILES string of the molecule is CC1CN(Cc2ccccc2)CCC1=NC(C)c1ccccc1. The topological polar surface area (TPSA) is 15.6 Å². The van der Waals surface area contributed by atoms with Crippen LogP contribution in [-0.2, 0) is 6.54 Å². The van der Waals surface area contributed by atoms with Crippen molar-refractivity contribution in [3.05, 3.63) is 71.8 Å². The van der Waals surface area contributed by atoms with Gasteiger partial charge in [0.15, 0.2) is 0 Å². The van der Waals surface area contributed by atoms with E-state index in [-0.39, 0.29) is 6.04 Å². The van der Waals surface area contributed by atoms with Crippen LogP contribution in [0, 0.1) is 5.92 Å². The molecule has 23 heavy (non-hydrogen) atoms. The summed E-state index contributed by atoms with van der Waals surface area (Å²) in [7, 11) is 0. The summed E-state index contributed by atoms with van der Waals surface area (Å²) in [5.41, 5.74) is 4.09. The molecule has 2 atom stereocenters. The van der Waals surface area contributed by atoms with Crippen molar-refractivity contribution >= 4 is 5.71 Å². The van der Waals surface area contributed by atoms with E-state index < -0.39 is 0 Å². The van der Waals surface area contributed by atoms with Crippen LogP contribution in [0.25, 0.3) is 0 Å². The highest BCUT2D eigenvalue weighted by atomic mass is 15.1. The first-order valence-electron chi connectivity index (χ1n) is 8.60. The Labute approximate surface area is 139 Å². The van der Waals surface area contributed by atoms with Gasteiger partial charge in [0.2, 0.25) is 0 Å². The molecule has 1 aliphatic rings. The summed E-state index contributed by atoms with van der Waals surface area (Å²) >= 11 is 0. The average Bonchev–Trinajstić information content (AvgIpc) is 2.59. The molecular formula is C21H26N2. The fraction of sp³-hybridized carbons (Fsp3) is 0.381. The standard InChI is InChI=1S/C21H26N2/c1-17-15-23(16-19-9-5-3-6-10-19)14-13-21(17)22-18(2)20-11-7-4-8-12-20/h3-12,17-18H,13-16H2,1-2H3. The molecule has 0 spiro atoms. The van der Waals surface area contributed by atoms with Crippen molar-refractivity contribution in [2.24, 2.45) is 10.9 Å². The molecule has 0 radical (unpaired) electrons. The van der Waals surface area contributed by atoms with Gasteiger partial charge in [0.25, 0.3) is 0 Å². The summed E-state index contributed by atoms with van der Waals surface area (Å²) in [5, 5.41) is 0. The fourth-order valence-corrected chi connectivity index (χ4v) is 3.33. The van der Waals surface area contributed by atoms with Gasteiger partial charge in [-0.1, -0.05) is 67.6 Å². The molecular weight excluding hydrogens is 280 g/mol. The van der Waals surface area contributed by atoms with Crippen LogP contribution < -0.4 is 0 Å². The summed E-state index contributed by atoms with van der Waals surface area (Å²) in [6, 6.07) is 21.6. The second-order valence-corrected chi connectivity index (χ2v) is 6.58. The first kappa shape index (κ1) is 15.9. The number of hydrogen-bond donors (Lipinski definition) is 0. The maximum absolute atomic E-state index is 5.02. The summed E-state index contributed by atoms with van der Waals surface area (Å²) in [6.45, 7) is 7.78. The first-order valence-corrected chi connectivity index (χ1v) is 8.60. The molecule has 120 valence electrons. The molecule has 0 bridgehead atoms. The van der Waals surface area contributed by atoms with Crippen LogP contribution in [0.15, 0.2) is 65.7 Å². The molecule has 0 saturated carbocycles. The Morgan fingerprint density at radius 3 is 2.35 bits per heavy atom. The van der Waals surface area contributed by atoms with Crippen molar-refractivity contribution < 1.29 is 0 Å². The van der Waals surface area contributed by atoms with Gasteiger partial charge in [0.05, 0.1) is 6.04 Å². The van der Waals surface area contributed by atoms with Crippen molar-refractivity contribution in [2.75, 3.05) is 13.1 Å². The van der Waals surface area contributed by atoms with Crippen molar-refractivity contribution in [1.82, 2.24) is 4.90 Å². The number of piperidine rings is 1. The number of hydrogen-bond acceptors (Lipinski definition) is 2. The number of nitrogens with zero attached hydrogens (tertiary/aromatic N) is 2. The van der Waals surface area contributed by atoms with Gasteiger partial charge in [-0.2, -0.15) is 0 Å². The highest BCUT2D eigenvalue weighted by Crippen LogP contribution is 2.22. The third-order valence-electron chi connectivity index (χ3n) is 4.68. The zero-order valence-electron chi connectivity index (χ0n) is 14.2. The normalized spacial score (nSPS) is 22.2. The van der Waals surface area contributed by atoms with Crippen molar-refractivity contribution in [3.8, 4) is 0 Å². The highest BCUT2D eigenvalue weighted by molar-refractivity contribution is 5.87. The lowest BCUT2D eigenvalue weighted by Crippen LogP contribution is -2.39. The smallest absolute Gasteiger partial charge is 0.0720 e. The van der Waals surface area contributed by atoms with E-state index >= 15 is 0 Å². The van der Waals surface area contributed by atoms with Crippen LogP contribution in [0.3, 0.4) is 0 Å². The van der Waals surface area contributed by atoms with E-state index in [2.05, 4.69) is 79.4 Å². The molecule has 0 amide bonds. The molecule has 2 nitrogen and oxygen atoms in total. The number of benzene rings is 2. The molecule has 2 aromatic rings. The van der Waals surface area contributed by atoms with Gasteiger partial charge >= 0.3 is 0 Å². The number of rotatable bonds is 4. The Kier molecular flexibility index (Phi) is 5.24. The van der Waals surface area contributed by atoms with Crippen molar-refractivity contribution in [3.63, 3.8) is 0 Å². The maximum atomic E-state index is 5.02. The van der Waals surface area contributed by atoms with Crippen LogP contribution >= 0.6 is 0 Å². The Balaban J connectivity index is 1.61. The van der Waals surface area contributed by atoms with Crippen LogP contribution in [0.4, 0.5) is 0 Å². The zero-order chi connectivity index (χ0) is 16.1. The predicted molar refractivity (Wildman–Crippen MR) is 97.8 cm³/mol. The summed E-state index contributed by atoms with van der Waals surface area (Å²) < 4.78 is 0. The fourth-order valence-electron chi connectivity index (χ4n) is 3.33. The zero-order valence-corrected chi connectivity index (χ0v) is 14.2. The molecule has 0 aromatic heterocycles. The second kappa shape index (κ2) is 7.56. The molecule has 1 aliphatic heterocycles. The Bertz CT molecular complexity index is 633. The molecule has 2 unspecified atom stereocenters. The van der Waals surface area contributed by atoms with E-state index in [0.29, 0.717) is 5.92 Å². The first-order chi connectivity index (χ1) is 11.2. The Morgan fingerprint density at radius 2 is 1.70 bits per heavy atom. The van der Waals surface area contributed by atoms with Gasteiger partial charge in [-0.05, 0) is 24.5 Å². The Hall–Kier alpha value is -1.93. The molecule has 2 aromatic carbocycles. The van der Waals surface area contributed by atoms with E-state index in [1.165, 1.54) is 16.8 Å². The molecule has 1 saturated heterocycles. The highest BCUT2D eigenvalue weighted by Gasteiger charge is 2.22. The quantitative estimate of drug-likeness (QED) is 0.797. The minimum absolute atomic E-state index is 0.259. The number of likely N-dealkylation sites (tertiary alicyclic amines) is 1. The average molecular weight is 306 g/mol. The minimum Gasteiger partial charge on any atom is -0.298 e. The van der Waals surface area contributed by atoms with E-state index in [9.17, 15) is 0 Å². The van der Waals surface area contributed by atoms with E-state index in [1.807, 2.05) is 0 Å². The molecule has 1 heterocycles. The van der Waals surface area contributed by atoms with Crippen LogP contribution in [0.1, 0.15) is 37.4 Å². The van der Waals surface area contributed by atoms with Crippen LogP contribution in [0.5, 0.6) is 0 Å². The summed E-state index contributed by atoms with van der Waals surface area (Å²) in [4.78, 5) is 7.57. The molecule has 0 N–H and O–H groups in total. The van der Waals surface area contributed by atoms with Gasteiger partial charge in [0, 0.05) is 31.3 Å². The third kappa shape index (κ3) is 4.29. The molecule has 2 heteroatoms. The minimum atomic E-state index is 0.259. The monoisotopic (exact) mass is 306 g/mol. The van der Waals surface area contributed by atoms with Gasteiger partial charge in [-0.25, -0.2) is 0 Å². The summed E-state index contributed by atoms with van der Waals surface area (Å²) in [5.74, 6) is 0.540. The lowest BCUT2D eigenvalue weighted by atomic mass is 9.96. The lowest BCUT2D eigenvalue weighted by Gasteiger charge is -2.32. The summed E-state index contributed by atoms with van der Waals surface area (Å²) in [6.07, 6.45) is 1.09. The third-order valence-corrected chi connectivity index (χ3v) is 4.68. The lowest BCUT2D eigenvalue weighted by molar-refractivity contribution is 0.237. The van der Waals surface area contributed by atoms with Gasteiger partial charge in [0.1, 0.15) is 0 Å². The predicted octanol–water partition coefficient (Wildman–Crippen LogP) is 4.73. The van der Waals surface area contributed by atoms with E-state index in [4.69, 9.17) is 4.99 Å². The molecule has 1 fully saturated rings. The van der Waals surface area contributed by atoms with Crippen molar-refractivity contribution in [1.29, 1.82) is 0 Å². The van der Waals surface area contributed by atoms with Crippen LogP contribution in [0.2, 0.25) is 0 Å². The molecule has 0 aliphatic carbocycles. The largest absolute Gasteiger partial charge is 0.298 e. The molecule has 3 rings (SSSR count).